The number of hydrogen-bond donors (Lipinski definition) is 1. The predicted molar refractivity (Wildman–Crippen MR) is 68.5 cm³/mol. The molecular formula is C13H10ClNO3. The Kier molecular flexibility index (Phi) is 2.64. The van der Waals surface area contributed by atoms with Crippen molar-refractivity contribution in [2.45, 2.75) is 0 Å². The van der Waals surface area contributed by atoms with Crippen LogP contribution in [0.1, 0.15) is 0 Å². The largest absolute Gasteiger partial charge is 0.456 e. The van der Waals surface area contributed by atoms with Crippen LogP contribution < -0.4 is 19.9 Å². The van der Waals surface area contributed by atoms with E-state index < -0.39 is 0 Å². The van der Waals surface area contributed by atoms with Crippen LogP contribution >= 0.6 is 11.6 Å². The summed E-state index contributed by atoms with van der Waals surface area (Å²) in [5.41, 5.74) is 6.21. The van der Waals surface area contributed by atoms with Gasteiger partial charge >= 0.3 is 0 Å². The van der Waals surface area contributed by atoms with Crippen LogP contribution in [-0.2, 0) is 0 Å². The highest BCUT2D eigenvalue weighted by molar-refractivity contribution is 6.32. The van der Waals surface area contributed by atoms with E-state index in [-0.39, 0.29) is 6.79 Å². The molecule has 1 aliphatic heterocycles. The summed E-state index contributed by atoms with van der Waals surface area (Å²) < 4.78 is 16.2. The molecule has 0 aliphatic carbocycles. The van der Waals surface area contributed by atoms with E-state index in [0.29, 0.717) is 33.7 Å². The van der Waals surface area contributed by atoms with Crippen molar-refractivity contribution in [3.05, 3.63) is 41.4 Å². The number of ether oxygens (including phenoxy) is 3. The zero-order valence-corrected chi connectivity index (χ0v) is 10.1. The molecule has 1 aliphatic rings. The summed E-state index contributed by atoms with van der Waals surface area (Å²) in [6.07, 6.45) is 0. The summed E-state index contributed by atoms with van der Waals surface area (Å²) in [7, 11) is 0. The highest BCUT2D eigenvalue weighted by atomic mass is 35.5. The fourth-order valence-electron chi connectivity index (χ4n) is 1.67. The van der Waals surface area contributed by atoms with Crippen LogP contribution in [0, 0.1) is 0 Å². The van der Waals surface area contributed by atoms with Crippen molar-refractivity contribution in [2.24, 2.45) is 0 Å². The van der Waals surface area contributed by atoms with E-state index in [9.17, 15) is 0 Å². The maximum Gasteiger partial charge on any atom is 0.231 e. The predicted octanol–water partition coefficient (Wildman–Crippen LogP) is 3.44. The van der Waals surface area contributed by atoms with Gasteiger partial charge in [-0.1, -0.05) is 11.6 Å². The summed E-state index contributed by atoms with van der Waals surface area (Å²) in [5.74, 6) is 2.56. The van der Waals surface area contributed by atoms with Gasteiger partial charge in [0.2, 0.25) is 6.79 Å². The number of fused-ring (bicyclic) bond motifs is 1. The summed E-state index contributed by atoms with van der Waals surface area (Å²) in [4.78, 5) is 0. The van der Waals surface area contributed by atoms with Gasteiger partial charge < -0.3 is 19.9 Å². The Balaban J connectivity index is 1.88. The van der Waals surface area contributed by atoms with Crippen LogP contribution in [0.4, 0.5) is 5.69 Å². The molecule has 0 amide bonds. The molecule has 5 heteroatoms. The monoisotopic (exact) mass is 263 g/mol. The molecule has 92 valence electrons. The van der Waals surface area contributed by atoms with Crippen LogP contribution in [0.25, 0.3) is 0 Å². The third-order valence-corrected chi connectivity index (χ3v) is 2.82. The fourth-order valence-corrected chi connectivity index (χ4v) is 1.89. The highest BCUT2D eigenvalue weighted by Crippen LogP contribution is 2.38. The standard InChI is InChI=1S/C13H10ClNO3/c14-10-5-8(15)1-3-11(10)18-9-2-4-12-13(6-9)17-7-16-12/h1-6H,7,15H2. The molecule has 2 N–H and O–H groups in total. The molecule has 0 radical (unpaired) electrons. The molecule has 0 saturated heterocycles. The minimum absolute atomic E-state index is 0.238. The topological polar surface area (TPSA) is 53.7 Å². The lowest BCUT2D eigenvalue weighted by molar-refractivity contribution is 0.174. The lowest BCUT2D eigenvalue weighted by Gasteiger charge is -2.08. The zero-order valence-electron chi connectivity index (χ0n) is 9.35. The SMILES string of the molecule is Nc1ccc(Oc2ccc3c(c2)OCO3)c(Cl)c1. The molecule has 0 atom stereocenters. The molecule has 3 rings (SSSR count). The van der Waals surface area contributed by atoms with Gasteiger partial charge in [0.25, 0.3) is 0 Å². The van der Waals surface area contributed by atoms with Gasteiger partial charge in [0.05, 0.1) is 5.02 Å². The third-order valence-electron chi connectivity index (χ3n) is 2.53. The van der Waals surface area contributed by atoms with Crippen LogP contribution in [0.2, 0.25) is 5.02 Å². The van der Waals surface area contributed by atoms with Crippen LogP contribution in [0.15, 0.2) is 36.4 Å². The molecule has 2 aromatic rings. The Morgan fingerprint density at radius 1 is 1.06 bits per heavy atom. The van der Waals surface area contributed by atoms with E-state index in [1.807, 2.05) is 0 Å². The number of halogens is 1. The average Bonchev–Trinajstić information content (AvgIpc) is 2.80. The van der Waals surface area contributed by atoms with E-state index in [4.69, 9.17) is 31.5 Å². The lowest BCUT2D eigenvalue weighted by Crippen LogP contribution is -1.92. The number of nitrogens with two attached hydrogens (primary N) is 1. The fraction of sp³-hybridized carbons (Fsp3) is 0.0769. The quantitative estimate of drug-likeness (QED) is 0.843. The van der Waals surface area contributed by atoms with Crippen molar-refractivity contribution in [1.29, 1.82) is 0 Å². The number of anilines is 1. The minimum atomic E-state index is 0.238. The van der Waals surface area contributed by atoms with Crippen molar-refractivity contribution >= 4 is 17.3 Å². The smallest absolute Gasteiger partial charge is 0.231 e. The van der Waals surface area contributed by atoms with Crippen molar-refractivity contribution in [1.82, 2.24) is 0 Å². The lowest BCUT2D eigenvalue weighted by atomic mass is 10.3. The van der Waals surface area contributed by atoms with Gasteiger partial charge in [0.15, 0.2) is 11.5 Å². The molecule has 18 heavy (non-hydrogen) atoms. The molecule has 0 fully saturated rings. The maximum absolute atomic E-state index is 6.04. The Labute approximate surface area is 109 Å². The Morgan fingerprint density at radius 3 is 2.72 bits per heavy atom. The van der Waals surface area contributed by atoms with Crippen molar-refractivity contribution in [2.75, 3.05) is 12.5 Å². The first kappa shape index (κ1) is 11.0. The molecule has 0 aromatic heterocycles. The summed E-state index contributed by atoms with van der Waals surface area (Å²) >= 11 is 6.04. The molecule has 0 bridgehead atoms. The number of nitrogen functional groups attached to an aromatic ring is 1. The average molecular weight is 264 g/mol. The van der Waals surface area contributed by atoms with E-state index >= 15 is 0 Å². The van der Waals surface area contributed by atoms with Crippen LogP contribution in [-0.4, -0.2) is 6.79 Å². The van der Waals surface area contributed by atoms with Crippen LogP contribution in [0.3, 0.4) is 0 Å². The molecule has 0 unspecified atom stereocenters. The van der Waals surface area contributed by atoms with Gasteiger partial charge in [0, 0.05) is 11.8 Å². The van der Waals surface area contributed by atoms with Gasteiger partial charge in [0.1, 0.15) is 11.5 Å². The van der Waals surface area contributed by atoms with E-state index in [1.165, 1.54) is 0 Å². The second-order valence-electron chi connectivity index (χ2n) is 3.81. The van der Waals surface area contributed by atoms with Gasteiger partial charge in [-0.05, 0) is 30.3 Å². The second-order valence-corrected chi connectivity index (χ2v) is 4.21. The van der Waals surface area contributed by atoms with E-state index in [1.54, 1.807) is 36.4 Å². The second kappa shape index (κ2) is 4.31. The summed E-state index contributed by atoms with van der Waals surface area (Å²) in [6.45, 7) is 0.238. The van der Waals surface area contributed by atoms with E-state index in [0.717, 1.165) is 0 Å². The van der Waals surface area contributed by atoms with Gasteiger partial charge in [-0.25, -0.2) is 0 Å². The van der Waals surface area contributed by atoms with Gasteiger partial charge in [-0.2, -0.15) is 0 Å². The Hall–Kier alpha value is -2.07. The number of hydrogen-bond acceptors (Lipinski definition) is 4. The van der Waals surface area contributed by atoms with Crippen LogP contribution in [0.5, 0.6) is 23.0 Å². The molecule has 0 saturated carbocycles. The van der Waals surface area contributed by atoms with Crippen molar-refractivity contribution in [3.63, 3.8) is 0 Å². The first-order valence-corrected chi connectivity index (χ1v) is 5.73. The third kappa shape index (κ3) is 2.02. The zero-order chi connectivity index (χ0) is 12.5. The number of rotatable bonds is 2. The molecule has 2 aromatic carbocycles. The van der Waals surface area contributed by atoms with Crippen molar-refractivity contribution in [3.8, 4) is 23.0 Å². The summed E-state index contributed by atoms with van der Waals surface area (Å²) in [5, 5.41) is 0.465. The molecule has 0 spiro atoms. The first-order chi connectivity index (χ1) is 8.72. The van der Waals surface area contributed by atoms with Gasteiger partial charge in [-0.3, -0.25) is 0 Å². The number of benzene rings is 2. The summed E-state index contributed by atoms with van der Waals surface area (Å²) in [6, 6.07) is 10.4. The van der Waals surface area contributed by atoms with Crippen molar-refractivity contribution < 1.29 is 14.2 Å². The Bertz CT molecular complexity index is 601. The minimum Gasteiger partial charge on any atom is -0.456 e. The van der Waals surface area contributed by atoms with Gasteiger partial charge in [-0.15, -0.1) is 0 Å². The molecular weight excluding hydrogens is 254 g/mol. The maximum atomic E-state index is 6.04. The molecule has 4 nitrogen and oxygen atoms in total. The highest BCUT2D eigenvalue weighted by Gasteiger charge is 2.14. The van der Waals surface area contributed by atoms with E-state index in [2.05, 4.69) is 0 Å². The normalized spacial score (nSPS) is 12.5. The molecule has 1 heterocycles. The Morgan fingerprint density at radius 2 is 1.89 bits per heavy atom. The first-order valence-electron chi connectivity index (χ1n) is 5.35.